The molecule has 0 amide bonds. The molecule has 1 aromatic heterocycles. The van der Waals surface area contributed by atoms with Crippen LogP contribution in [0.25, 0.3) is 0 Å². The van der Waals surface area contributed by atoms with E-state index in [2.05, 4.69) is 41.1 Å². The van der Waals surface area contributed by atoms with Gasteiger partial charge in [0.1, 0.15) is 6.26 Å². The van der Waals surface area contributed by atoms with Crippen LogP contribution in [0.2, 0.25) is 0 Å². The number of likely N-dealkylation sites (N-methyl/N-ethyl adjacent to an activating group) is 1. The number of aromatic nitrogens is 1. The summed E-state index contributed by atoms with van der Waals surface area (Å²) in [6.45, 7) is 6.02. The molecule has 1 atom stereocenters. The van der Waals surface area contributed by atoms with E-state index >= 15 is 0 Å². The molecule has 2 rings (SSSR count). The maximum atomic E-state index is 5.56. The highest BCUT2D eigenvalue weighted by Crippen LogP contribution is 2.21. The molecule has 0 bridgehead atoms. The first-order chi connectivity index (χ1) is 8.70. The van der Waals surface area contributed by atoms with Crippen LogP contribution in [-0.2, 0) is 6.54 Å². The van der Waals surface area contributed by atoms with Gasteiger partial charge in [-0.15, -0.1) is 0 Å². The molecule has 1 aliphatic rings. The smallest absolute Gasteiger partial charge is 0.297 e. The van der Waals surface area contributed by atoms with Gasteiger partial charge in [-0.1, -0.05) is 6.92 Å². The number of anilines is 1. The van der Waals surface area contributed by atoms with Gasteiger partial charge in [0.05, 0.1) is 5.69 Å². The predicted molar refractivity (Wildman–Crippen MR) is 72.8 cm³/mol. The highest BCUT2D eigenvalue weighted by molar-refractivity contribution is 5.29. The predicted octanol–water partition coefficient (Wildman–Crippen LogP) is 1.31. The maximum absolute atomic E-state index is 5.56. The summed E-state index contributed by atoms with van der Waals surface area (Å²) in [6, 6.07) is 1.38. The number of hydrogen-bond donors (Lipinski definition) is 1. The summed E-state index contributed by atoms with van der Waals surface area (Å²) >= 11 is 0. The van der Waals surface area contributed by atoms with Crippen molar-refractivity contribution in [3.05, 3.63) is 12.0 Å². The van der Waals surface area contributed by atoms with Gasteiger partial charge in [0.25, 0.3) is 6.01 Å². The highest BCUT2D eigenvalue weighted by Gasteiger charge is 2.26. The van der Waals surface area contributed by atoms with Gasteiger partial charge >= 0.3 is 0 Å². The molecule has 5 nitrogen and oxygen atoms in total. The summed E-state index contributed by atoms with van der Waals surface area (Å²) in [6.07, 6.45) is 4.08. The van der Waals surface area contributed by atoms with E-state index in [9.17, 15) is 0 Å². The molecule has 0 aliphatic carbocycles. The van der Waals surface area contributed by atoms with Crippen molar-refractivity contribution in [2.24, 2.45) is 0 Å². The third-order valence-corrected chi connectivity index (χ3v) is 3.44. The zero-order chi connectivity index (χ0) is 13.0. The van der Waals surface area contributed by atoms with Crippen LogP contribution >= 0.6 is 0 Å². The normalized spacial score (nSPS) is 20.0. The van der Waals surface area contributed by atoms with E-state index in [0.29, 0.717) is 6.04 Å². The average molecular weight is 252 g/mol. The molecule has 1 aromatic rings. The van der Waals surface area contributed by atoms with E-state index in [1.807, 2.05) is 0 Å². The first-order valence-corrected chi connectivity index (χ1v) is 6.77. The van der Waals surface area contributed by atoms with Crippen LogP contribution < -0.4 is 10.2 Å². The van der Waals surface area contributed by atoms with Gasteiger partial charge in [0, 0.05) is 25.7 Å². The van der Waals surface area contributed by atoms with Crippen LogP contribution in [0.5, 0.6) is 0 Å². The Bertz CT molecular complexity index is 364. The minimum atomic E-state index is 0.610. The number of rotatable bonds is 6. The molecule has 1 aliphatic heterocycles. The summed E-state index contributed by atoms with van der Waals surface area (Å²) in [5.41, 5.74) is 0.992. The Morgan fingerprint density at radius 1 is 1.56 bits per heavy atom. The quantitative estimate of drug-likeness (QED) is 0.774. The lowest BCUT2D eigenvalue weighted by molar-refractivity contribution is 0.315. The first-order valence-electron chi connectivity index (χ1n) is 6.77. The van der Waals surface area contributed by atoms with E-state index in [1.54, 1.807) is 6.26 Å². The van der Waals surface area contributed by atoms with E-state index in [0.717, 1.165) is 44.3 Å². The summed E-state index contributed by atoms with van der Waals surface area (Å²) in [7, 11) is 4.26. The first kappa shape index (κ1) is 13.4. The van der Waals surface area contributed by atoms with Crippen LogP contribution in [0.15, 0.2) is 10.7 Å². The highest BCUT2D eigenvalue weighted by atomic mass is 16.4. The molecule has 0 aromatic carbocycles. The van der Waals surface area contributed by atoms with Crippen molar-refractivity contribution in [2.75, 3.05) is 38.6 Å². The number of nitrogens with zero attached hydrogens (tertiary/aromatic N) is 3. The van der Waals surface area contributed by atoms with Crippen LogP contribution in [0.4, 0.5) is 6.01 Å². The van der Waals surface area contributed by atoms with E-state index in [4.69, 9.17) is 4.42 Å². The van der Waals surface area contributed by atoms with Crippen LogP contribution in [0.3, 0.4) is 0 Å². The van der Waals surface area contributed by atoms with Crippen molar-refractivity contribution in [1.82, 2.24) is 15.2 Å². The fourth-order valence-electron chi connectivity index (χ4n) is 2.25. The largest absolute Gasteiger partial charge is 0.432 e. The van der Waals surface area contributed by atoms with Gasteiger partial charge in [-0.05, 0) is 33.5 Å². The number of nitrogens with one attached hydrogen (secondary N) is 1. The van der Waals surface area contributed by atoms with E-state index < -0.39 is 0 Å². The van der Waals surface area contributed by atoms with Gasteiger partial charge in [0.2, 0.25) is 0 Å². The molecule has 1 N–H and O–H groups in total. The molecular formula is C13H24N4O. The Balaban J connectivity index is 1.86. The summed E-state index contributed by atoms with van der Waals surface area (Å²) in [5, 5.41) is 3.33. The van der Waals surface area contributed by atoms with Crippen LogP contribution in [0.1, 0.15) is 25.5 Å². The van der Waals surface area contributed by atoms with Crippen molar-refractivity contribution < 1.29 is 4.42 Å². The monoisotopic (exact) mass is 252 g/mol. The summed E-state index contributed by atoms with van der Waals surface area (Å²) in [5.74, 6) is 0. The zero-order valence-corrected chi connectivity index (χ0v) is 11.6. The Hall–Kier alpha value is -1.07. The fourth-order valence-corrected chi connectivity index (χ4v) is 2.25. The second kappa shape index (κ2) is 6.20. The minimum absolute atomic E-state index is 0.610. The van der Waals surface area contributed by atoms with Crippen molar-refractivity contribution in [3.63, 3.8) is 0 Å². The molecular weight excluding hydrogens is 228 g/mol. The van der Waals surface area contributed by atoms with Gasteiger partial charge in [-0.2, -0.15) is 4.98 Å². The van der Waals surface area contributed by atoms with Gasteiger partial charge < -0.3 is 19.5 Å². The lowest BCUT2D eigenvalue weighted by Gasteiger charge is -2.19. The van der Waals surface area contributed by atoms with Crippen molar-refractivity contribution in [3.8, 4) is 0 Å². The minimum Gasteiger partial charge on any atom is -0.432 e. The second-order valence-electron chi connectivity index (χ2n) is 5.15. The van der Waals surface area contributed by atoms with E-state index in [-0.39, 0.29) is 0 Å². The van der Waals surface area contributed by atoms with Gasteiger partial charge in [-0.25, -0.2) is 0 Å². The molecule has 0 spiro atoms. The van der Waals surface area contributed by atoms with Crippen molar-refractivity contribution >= 4 is 6.01 Å². The average Bonchev–Trinajstić information content (AvgIpc) is 2.97. The zero-order valence-electron chi connectivity index (χ0n) is 11.6. The SMILES string of the molecule is CCCNCc1coc(N2CCC(N(C)C)C2)n1. The second-order valence-corrected chi connectivity index (χ2v) is 5.15. The van der Waals surface area contributed by atoms with E-state index in [1.165, 1.54) is 6.42 Å². The summed E-state index contributed by atoms with van der Waals surface area (Å²) < 4.78 is 5.56. The van der Waals surface area contributed by atoms with Gasteiger partial charge in [0.15, 0.2) is 0 Å². The summed E-state index contributed by atoms with van der Waals surface area (Å²) in [4.78, 5) is 9.04. The maximum Gasteiger partial charge on any atom is 0.297 e. The topological polar surface area (TPSA) is 44.5 Å². The molecule has 102 valence electrons. The standard InChI is InChI=1S/C13H24N4O/c1-4-6-14-8-11-10-18-13(15-11)17-7-5-12(9-17)16(2)3/h10,12,14H,4-9H2,1-3H3. The molecule has 5 heteroatoms. The Labute approximate surface area is 109 Å². The van der Waals surface area contributed by atoms with Crippen LogP contribution in [-0.4, -0.2) is 49.7 Å². The third kappa shape index (κ3) is 3.23. The molecule has 18 heavy (non-hydrogen) atoms. The van der Waals surface area contributed by atoms with Crippen molar-refractivity contribution in [1.29, 1.82) is 0 Å². The van der Waals surface area contributed by atoms with Crippen LogP contribution in [0, 0.1) is 0 Å². The molecule has 1 saturated heterocycles. The van der Waals surface area contributed by atoms with Crippen molar-refractivity contribution in [2.45, 2.75) is 32.4 Å². The Kier molecular flexibility index (Phi) is 4.60. The van der Waals surface area contributed by atoms with Gasteiger partial charge in [-0.3, -0.25) is 0 Å². The molecule has 0 saturated carbocycles. The molecule has 2 heterocycles. The Morgan fingerprint density at radius 3 is 3.06 bits per heavy atom. The lowest BCUT2D eigenvalue weighted by atomic mass is 10.2. The lowest BCUT2D eigenvalue weighted by Crippen LogP contribution is -2.31. The molecule has 0 radical (unpaired) electrons. The number of hydrogen-bond acceptors (Lipinski definition) is 5. The number of oxazole rings is 1. The Morgan fingerprint density at radius 2 is 2.39 bits per heavy atom. The molecule has 1 fully saturated rings. The fraction of sp³-hybridized carbons (Fsp3) is 0.769. The third-order valence-electron chi connectivity index (χ3n) is 3.44. The molecule has 1 unspecified atom stereocenters.